The molecule has 1 unspecified atom stereocenters. The minimum atomic E-state index is 0. The maximum absolute atomic E-state index is 12.3. The number of anilines is 1. The van der Waals surface area contributed by atoms with E-state index >= 15 is 0 Å². The molecule has 2 N–H and O–H groups in total. The molecule has 8 heteroatoms. The van der Waals surface area contributed by atoms with Crippen LogP contribution in [0.25, 0.3) is 0 Å². The van der Waals surface area contributed by atoms with Gasteiger partial charge in [0.1, 0.15) is 5.82 Å². The van der Waals surface area contributed by atoms with Crippen molar-refractivity contribution in [3.63, 3.8) is 0 Å². The Morgan fingerprint density at radius 3 is 2.87 bits per heavy atom. The fourth-order valence-corrected chi connectivity index (χ4v) is 3.00. The smallest absolute Gasteiger partial charge is 0.239 e. The summed E-state index contributed by atoms with van der Waals surface area (Å²) in [7, 11) is 0. The Morgan fingerprint density at radius 1 is 1.48 bits per heavy atom. The van der Waals surface area contributed by atoms with Gasteiger partial charge in [-0.2, -0.15) is 5.10 Å². The first-order valence-corrected chi connectivity index (χ1v) is 7.93. The number of rotatable bonds is 5. The van der Waals surface area contributed by atoms with Gasteiger partial charge in [-0.15, -0.1) is 24.8 Å². The SMILES string of the molecule is CC(C1CC1)n1nccc1NC(=O)CN1CCNC[C@@H]1C.Cl.Cl. The van der Waals surface area contributed by atoms with Gasteiger partial charge in [-0.3, -0.25) is 9.69 Å². The Hall–Kier alpha value is -0.820. The summed E-state index contributed by atoms with van der Waals surface area (Å²) in [5.74, 6) is 1.59. The van der Waals surface area contributed by atoms with Crippen LogP contribution in [0.4, 0.5) is 5.82 Å². The zero-order valence-electron chi connectivity index (χ0n) is 13.7. The number of amides is 1. The van der Waals surface area contributed by atoms with Crippen LogP contribution in [-0.4, -0.2) is 52.8 Å². The van der Waals surface area contributed by atoms with Crippen LogP contribution in [0.5, 0.6) is 0 Å². The van der Waals surface area contributed by atoms with E-state index in [9.17, 15) is 4.79 Å². The van der Waals surface area contributed by atoms with Gasteiger partial charge in [0.25, 0.3) is 0 Å². The zero-order valence-corrected chi connectivity index (χ0v) is 15.3. The van der Waals surface area contributed by atoms with E-state index in [-0.39, 0.29) is 30.7 Å². The lowest BCUT2D eigenvalue weighted by molar-refractivity contribution is -0.118. The van der Waals surface area contributed by atoms with E-state index < -0.39 is 0 Å². The van der Waals surface area contributed by atoms with Gasteiger partial charge in [-0.1, -0.05) is 0 Å². The summed E-state index contributed by atoms with van der Waals surface area (Å²) in [6.45, 7) is 7.61. The van der Waals surface area contributed by atoms with Crippen LogP contribution in [0.1, 0.15) is 32.7 Å². The molecule has 132 valence electrons. The first kappa shape index (κ1) is 20.2. The van der Waals surface area contributed by atoms with Crippen molar-refractivity contribution in [3.8, 4) is 0 Å². The van der Waals surface area contributed by atoms with Crippen molar-refractivity contribution in [1.82, 2.24) is 20.0 Å². The molecular formula is C15H27Cl2N5O. The molecule has 1 aliphatic carbocycles. The standard InChI is InChI=1S/C15H25N5O.2ClH/c1-11-9-16-7-8-19(11)10-15(21)18-14-5-6-17-20(14)12(2)13-3-4-13;;/h5-6,11-13,16H,3-4,7-10H2,1-2H3,(H,18,21);2*1H/t11-,12?;;/m0../s1. The minimum Gasteiger partial charge on any atom is -0.314 e. The Balaban J connectivity index is 0.00000132. The zero-order chi connectivity index (χ0) is 14.8. The van der Waals surface area contributed by atoms with E-state index in [2.05, 4.69) is 34.5 Å². The number of carbonyl (C=O) groups excluding carboxylic acids is 1. The third-order valence-corrected chi connectivity index (χ3v) is 4.61. The molecular weight excluding hydrogens is 337 g/mol. The summed E-state index contributed by atoms with van der Waals surface area (Å²) in [6.07, 6.45) is 4.31. The van der Waals surface area contributed by atoms with Crippen LogP contribution in [-0.2, 0) is 4.79 Å². The summed E-state index contributed by atoms with van der Waals surface area (Å²) in [5.41, 5.74) is 0. The van der Waals surface area contributed by atoms with Crippen LogP contribution in [0.3, 0.4) is 0 Å². The van der Waals surface area contributed by atoms with Crippen LogP contribution in [0.2, 0.25) is 0 Å². The highest BCUT2D eigenvalue weighted by Crippen LogP contribution is 2.40. The van der Waals surface area contributed by atoms with E-state index in [1.54, 1.807) is 6.20 Å². The lowest BCUT2D eigenvalue weighted by Crippen LogP contribution is -2.52. The summed E-state index contributed by atoms with van der Waals surface area (Å²) in [6, 6.07) is 2.66. The average Bonchev–Trinajstić information content (AvgIpc) is 3.21. The molecule has 3 rings (SSSR count). The van der Waals surface area contributed by atoms with Gasteiger partial charge in [-0.25, -0.2) is 4.68 Å². The van der Waals surface area contributed by atoms with Crippen molar-refractivity contribution in [2.24, 2.45) is 5.92 Å². The molecule has 1 aromatic rings. The predicted octanol–water partition coefficient (Wildman–Crippen LogP) is 1.93. The first-order valence-electron chi connectivity index (χ1n) is 7.93. The van der Waals surface area contributed by atoms with E-state index in [0.717, 1.165) is 25.5 Å². The quantitative estimate of drug-likeness (QED) is 0.838. The second-order valence-electron chi connectivity index (χ2n) is 6.31. The number of hydrogen-bond acceptors (Lipinski definition) is 4. The van der Waals surface area contributed by atoms with Gasteiger partial charge in [-0.05, 0) is 32.6 Å². The van der Waals surface area contributed by atoms with Crippen LogP contribution >= 0.6 is 24.8 Å². The Bertz CT molecular complexity index is 506. The Kier molecular flexibility index (Phi) is 7.80. The number of carbonyl (C=O) groups is 1. The third kappa shape index (κ3) is 5.08. The van der Waals surface area contributed by atoms with Crippen molar-refractivity contribution in [1.29, 1.82) is 0 Å². The average molecular weight is 364 g/mol. The molecule has 2 fully saturated rings. The maximum Gasteiger partial charge on any atom is 0.239 e. The van der Waals surface area contributed by atoms with Gasteiger partial charge >= 0.3 is 0 Å². The monoisotopic (exact) mass is 363 g/mol. The summed E-state index contributed by atoms with van der Waals surface area (Å²) in [4.78, 5) is 14.5. The number of nitrogens with one attached hydrogen (secondary N) is 2. The molecule has 2 atom stereocenters. The minimum absolute atomic E-state index is 0. The topological polar surface area (TPSA) is 62.2 Å². The number of halogens is 2. The highest BCUT2D eigenvalue weighted by molar-refractivity contribution is 5.91. The first-order chi connectivity index (χ1) is 10.1. The number of aromatic nitrogens is 2. The number of piperazine rings is 1. The van der Waals surface area contributed by atoms with Gasteiger partial charge in [0.2, 0.25) is 5.91 Å². The van der Waals surface area contributed by atoms with Crippen molar-refractivity contribution < 1.29 is 4.79 Å². The highest BCUT2D eigenvalue weighted by atomic mass is 35.5. The van der Waals surface area contributed by atoms with E-state index in [4.69, 9.17) is 0 Å². The van der Waals surface area contributed by atoms with Crippen molar-refractivity contribution in [2.75, 3.05) is 31.5 Å². The molecule has 1 saturated heterocycles. The number of nitrogens with zero attached hydrogens (tertiary/aromatic N) is 3. The fraction of sp³-hybridized carbons (Fsp3) is 0.733. The third-order valence-electron chi connectivity index (χ3n) is 4.61. The molecule has 0 spiro atoms. The molecule has 2 heterocycles. The molecule has 6 nitrogen and oxygen atoms in total. The number of hydrogen-bond donors (Lipinski definition) is 2. The highest BCUT2D eigenvalue weighted by Gasteiger charge is 2.31. The second-order valence-corrected chi connectivity index (χ2v) is 6.31. The van der Waals surface area contributed by atoms with Crippen LogP contribution in [0, 0.1) is 5.92 Å². The van der Waals surface area contributed by atoms with Crippen molar-refractivity contribution in [2.45, 2.75) is 38.8 Å². The van der Waals surface area contributed by atoms with Gasteiger partial charge in [0.05, 0.1) is 18.8 Å². The predicted molar refractivity (Wildman–Crippen MR) is 96.7 cm³/mol. The fourth-order valence-electron chi connectivity index (χ4n) is 3.00. The van der Waals surface area contributed by atoms with Gasteiger partial charge in [0.15, 0.2) is 0 Å². The summed E-state index contributed by atoms with van der Waals surface area (Å²) >= 11 is 0. The molecule has 23 heavy (non-hydrogen) atoms. The Morgan fingerprint density at radius 2 is 2.22 bits per heavy atom. The second kappa shape index (κ2) is 8.87. The van der Waals surface area contributed by atoms with Crippen molar-refractivity contribution in [3.05, 3.63) is 12.3 Å². The van der Waals surface area contributed by atoms with E-state index in [0.29, 0.717) is 24.5 Å². The van der Waals surface area contributed by atoms with Crippen molar-refractivity contribution >= 4 is 36.5 Å². The molecule has 1 amide bonds. The molecule has 0 bridgehead atoms. The molecule has 1 aromatic heterocycles. The van der Waals surface area contributed by atoms with Gasteiger partial charge in [0, 0.05) is 31.7 Å². The molecule has 0 aromatic carbocycles. The lowest BCUT2D eigenvalue weighted by Gasteiger charge is -2.33. The largest absolute Gasteiger partial charge is 0.314 e. The molecule has 0 radical (unpaired) electrons. The molecule has 2 aliphatic rings. The van der Waals surface area contributed by atoms with Gasteiger partial charge < -0.3 is 10.6 Å². The van der Waals surface area contributed by atoms with Crippen LogP contribution < -0.4 is 10.6 Å². The van der Waals surface area contributed by atoms with E-state index in [1.165, 1.54) is 12.8 Å². The van der Waals surface area contributed by atoms with Crippen LogP contribution in [0.15, 0.2) is 12.3 Å². The van der Waals surface area contributed by atoms with E-state index in [1.807, 2.05) is 10.7 Å². The normalized spacial score (nSPS) is 22.6. The Labute approximate surface area is 150 Å². The summed E-state index contributed by atoms with van der Waals surface area (Å²) < 4.78 is 1.96. The molecule has 1 saturated carbocycles. The maximum atomic E-state index is 12.3. The lowest BCUT2D eigenvalue weighted by atomic mass is 10.2. The molecule has 1 aliphatic heterocycles. The summed E-state index contributed by atoms with van der Waals surface area (Å²) in [5, 5.41) is 10.7.